The van der Waals surface area contributed by atoms with Gasteiger partial charge >= 0.3 is 0 Å². The smallest absolute Gasteiger partial charge is 0.264 e. The van der Waals surface area contributed by atoms with Gasteiger partial charge in [0.15, 0.2) is 0 Å². The summed E-state index contributed by atoms with van der Waals surface area (Å²) in [7, 11) is -4.10. The second-order valence-corrected chi connectivity index (χ2v) is 11.7. The van der Waals surface area contributed by atoms with E-state index in [4.69, 9.17) is 11.6 Å². The number of rotatable bonds is 11. The number of nitrogens with one attached hydrogen (secondary N) is 1. The maximum Gasteiger partial charge on any atom is 0.264 e. The highest BCUT2D eigenvalue weighted by molar-refractivity contribution is 7.92. The first-order valence-corrected chi connectivity index (χ1v) is 14.3. The molecule has 0 fully saturated rings. The van der Waals surface area contributed by atoms with Crippen LogP contribution in [0.15, 0.2) is 83.8 Å². The van der Waals surface area contributed by atoms with Crippen molar-refractivity contribution in [2.45, 2.75) is 57.6 Å². The van der Waals surface area contributed by atoms with E-state index in [1.54, 1.807) is 42.5 Å². The van der Waals surface area contributed by atoms with Gasteiger partial charge in [-0.2, -0.15) is 0 Å². The molecule has 0 aliphatic rings. The van der Waals surface area contributed by atoms with Crippen LogP contribution < -0.4 is 9.62 Å². The Kier molecular flexibility index (Phi) is 9.94. The van der Waals surface area contributed by atoms with Gasteiger partial charge in [0.2, 0.25) is 11.8 Å². The molecule has 3 rings (SSSR count). The summed E-state index contributed by atoms with van der Waals surface area (Å²) in [4.78, 5) is 28.6. The average Bonchev–Trinajstić information content (AvgIpc) is 2.87. The molecule has 0 unspecified atom stereocenters. The van der Waals surface area contributed by atoms with Gasteiger partial charge in [0.1, 0.15) is 12.6 Å². The molecule has 0 aliphatic carbocycles. The Morgan fingerprint density at radius 1 is 0.947 bits per heavy atom. The van der Waals surface area contributed by atoms with Crippen molar-refractivity contribution in [2.24, 2.45) is 0 Å². The van der Waals surface area contributed by atoms with Crippen LogP contribution in [0.1, 0.15) is 38.3 Å². The van der Waals surface area contributed by atoms with Gasteiger partial charge in [-0.3, -0.25) is 13.9 Å². The highest BCUT2D eigenvalue weighted by Crippen LogP contribution is 2.26. The van der Waals surface area contributed by atoms with E-state index in [0.717, 1.165) is 15.4 Å². The standard InChI is InChI=1S/C29H34ClN3O4S/c1-5-27(29(35)31-21(2)3)32(19-23-11-9-10-22(4)18-23)28(34)20-33(25-16-14-24(30)15-17-25)38(36,37)26-12-7-6-8-13-26/h6-18,21,27H,5,19-20H2,1-4H3,(H,31,35)/t27-/m0/s1. The maximum atomic E-state index is 14.0. The molecule has 0 heterocycles. The number of benzene rings is 3. The molecule has 0 saturated carbocycles. The van der Waals surface area contributed by atoms with Crippen LogP contribution >= 0.6 is 11.6 Å². The van der Waals surface area contributed by atoms with Gasteiger partial charge < -0.3 is 10.2 Å². The number of sulfonamides is 1. The number of halogens is 1. The number of anilines is 1. The predicted octanol–water partition coefficient (Wildman–Crippen LogP) is 5.18. The molecule has 38 heavy (non-hydrogen) atoms. The number of nitrogens with zero attached hydrogens (tertiary/aromatic N) is 2. The van der Waals surface area contributed by atoms with Crippen LogP contribution in [0.3, 0.4) is 0 Å². The van der Waals surface area contributed by atoms with Gasteiger partial charge in [-0.15, -0.1) is 0 Å². The topological polar surface area (TPSA) is 86.8 Å². The molecular formula is C29H34ClN3O4S. The lowest BCUT2D eigenvalue weighted by atomic mass is 10.1. The molecule has 1 N–H and O–H groups in total. The van der Waals surface area contributed by atoms with Crippen LogP contribution in [0.2, 0.25) is 5.02 Å². The summed E-state index contributed by atoms with van der Waals surface area (Å²) < 4.78 is 28.5. The zero-order valence-corrected chi connectivity index (χ0v) is 23.7. The highest BCUT2D eigenvalue weighted by Gasteiger charge is 2.33. The molecule has 0 aromatic heterocycles. The Balaban J connectivity index is 2.05. The lowest BCUT2D eigenvalue weighted by Gasteiger charge is -2.33. The minimum absolute atomic E-state index is 0.0533. The Bertz CT molecular complexity index is 1350. The number of amides is 2. The van der Waals surface area contributed by atoms with E-state index in [9.17, 15) is 18.0 Å². The van der Waals surface area contributed by atoms with Crippen molar-refractivity contribution < 1.29 is 18.0 Å². The third-order valence-electron chi connectivity index (χ3n) is 5.98. The molecule has 0 aliphatic heterocycles. The Morgan fingerprint density at radius 2 is 1.61 bits per heavy atom. The summed E-state index contributed by atoms with van der Waals surface area (Å²) in [6.45, 7) is 7.16. The zero-order valence-electron chi connectivity index (χ0n) is 22.1. The lowest BCUT2D eigenvalue weighted by Crippen LogP contribution is -2.53. The van der Waals surface area contributed by atoms with Gasteiger partial charge in [0, 0.05) is 17.6 Å². The number of carbonyl (C=O) groups excluding carboxylic acids is 2. The first-order valence-electron chi connectivity index (χ1n) is 12.5. The first kappa shape index (κ1) is 29.2. The van der Waals surface area contributed by atoms with Gasteiger partial charge in [-0.1, -0.05) is 66.6 Å². The molecule has 0 bridgehead atoms. The van der Waals surface area contributed by atoms with E-state index in [-0.39, 0.29) is 23.4 Å². The third-order valence-corrected chi connectivity index (χ3v) is 8.02. The van der Waals surface area contributed by atoms with E-state index < -0.39 is 28.5 Å². The summed E-state index contributed by atoms with van der Waals surface area (Å²) in [5.74, 6) is -0.779. The fraction of sp³-hybridized carbons (Fsp3) is 0.310. The number of aryl methyl sites for hydroxylation is 1. The summed E-state index contributed by atoms with van der Waals surface area (Å²) in [6, 6.07) is 21.0. The van der Waals surface area contributed by atoms with E-state index in [1.165, 1.54) is 17.0 Å². The Labute approximate surface area is 230 Å². The minimum Gasteiger partial charge on any atom is -0.352 e. The molecule has 0 radical (unpaired) electrons. The normalized spacial score (nSPS) is 12.2. The first-order chi connectivity index (χ1) is 18.0. The second kappa shape index (κ2) is 12.9. The SMILES string of the molecule is CC[C@@H](C(=O)NC(C)C)N(Cc1cccc(C)c1)C(=O)CN(c1ccc(Cl)cc1)S(=O)(=O)c1ccccc1. The van der Waals surface area contributed by atoms with Crippen LogP contribution in [0.4, 0.5) is 5.69 Å². The molecule has 3 aromatic rings. The predicted molar refractivity (Wildman–Crippen MR) is 152 cm³/mol. The summed E-state index contributed by atoms with van der Waals surface area (Å²) in [6.07, 6.45) is 0.364. The van der Waals surface area contributed by atoms with Crippen molar-refractivity contribution in [3.63, 3.8) is 0 Å². The van der Waals surface area contributed by atoms with Crippen LogP contribution in [0.5, 0.6) is 0 Å². The van der Waals surface area contributed by atoms with Crippen molar-refractivity contribution in [1.82, 2.24) is 10.2 Å². The number of hydrogen-bond acceptors (Lipinski definition) is 4. The van der Waals surface area contributed by atoms with Crippen molar-refractivity contribution in [3.8, 4) is 0 Å². The van der Waals surface area contributed by atoms with Crippen molar-refractivity contribution in [3.05, 3.63) is 95.0 Å². The summed E-state index contributed by atoms with van der Waals surface area (Å²) >= 11 is 6.06. The third kappa shape index (κ3) is 7.36. The average molecular weight is 556 g/mol. The molecular weight excluding hydrogens is 522 g/mol. The van der Waals surface area contributed by atoms with Gasteiger partial charge in [0.25, 0.3) is 10.0 Å². The van der Waals surface area contributed by atoms with Crippen molar-refractivity contribution in [2.75, 3.05) is 10.8 Å². The van der Waals surface area contributed by atoms with Crippen molar-refractivity contribution >= 4 is 39.1 Å². The molecule has 0 spiro atoms. The Morgan fingerprint density at radius 3 is 2.18 bits per heavy atom. The fourth-order valence-corrected chi connectivity index (χ4v) is 5.72. The van der Waals surface area contributed by atoms with Gasteiger partial charge in [-0.05, 0) is 69.2 Å². The van der Waals surface area contributed by atoms with E-state index >= 15 is 0 Å². The molecule has 7 nitrogen and oxygen atoms in total. The molecule has 3 aromatic carbocycles. The van der Waals surface area contributed by atoms with Crippen LogP contribution in [0.25, 0.3) is 0 Å². The molecule has 0 saturated heterocycles. The van der Waals surface area contributed by atoms with Crippen molar-refractivity contribution in [1.29, 1.82) is 0 Å². The van der Waals surface area contributed by atoms with E-state index in [1.807, 2.05) is 52.0 Å². The largest absolute Gasteiger partial charge is 0.352 e. The van der Waals surface area contributed by atoms with E-state index in [2.05, 4.69) is 5.32 Å². The molecule has 2 amide bonds. The fourth-order valence-electron chi connectivity index (χ4n) is 4.16. The van der Waals surface area contributed by atoms with Crippen LogP contribution in [-0.2, 0) is 26.2 Å². The number of carbonyl (C=O) groups is 2. The van der Waals surface area contributed by atoms with Crippen LogP contribution in [0, 0.1) is 6.92 Å². The van der Waals surface area contributed by atoms with E-state index in [0.29, 0.717) is 17.1 Å². The second-order valence-electron chi connectivity index (χ2n) is 9.40. The van der Waals surface area contributed by atoms with Crippen LogP contribution in [-0.4, -0.2) is 43.8 Å². The quantitative estimate of drug-likeness (QED) is 0.353. The summed E-state index contributed by atoms with van der Waals surface area (Å²) in [5, 5.41) is 3.33. The highest BCUT2D eigenvalue weighted by atomic mass is 35.5. The monoisotopic (exact) mass is 555 g/mol. The van der Waals surface area contributed by atoms with Gasteiger partial charge in [-0.25, -0.2) is 8.42 Å². The Hall–Kier alpha value is -3.36. The lowest BCUT2D eigenvalue weighted by molar-refractivity contribution is -0.140. The minimum atomic E-state index is -4.10. The summed E-state index contributed by atoms with van der Waals surface area (Å²) in [5.41, 5.74) is 2.16. The zero-order chi connectivity index (χ0) is 27.9. The molecule has 202 valence electrons. The molecule has 9 heteroatoms. The van der Waals surface area contributed by atoms with Gasteiger partial charge in [0.05, 0.1) is 10.6 Å². The number of hydrogen-bond donors (Lipinski definition) is 1. The maximum absolute atomic E-state index is 14.0. The molecule has 1 atom stereocenters.